The fraction of sp³-hybridized carbons (Fsp3) is 0.423. The van der Waals surface area contributed by atoms with Gasteiger partial charge in [0.2, 0.25) is 0 Å². The van der Waals surface area contributed by atoms with Crippen LogP contribution in [0.1, 0.15) is 87.6 Å². The van der Waals surface area contributed by atoms with Gasteiger partial charge in [-0.05, 0) is 60.6 Å². The SMILES string of the molecule is CC(C)c1ccc(Cl)cn1.CC(C)c1cccc(C(F)(F)F)n1.Cc1cnc(C(C)C)c(F)c1. The number of hydrogen-bond donors (Lipinski definition) is 0. The second-order valence-corrected chi connectivity index (χ2v) is 9.13. The maximum Gasteiger partial charge on any atom is 0.433 e. The summed E-state index contributed by atoms with van der Waals surface area (Å²) in [6, 6.07) is 9.29. The number of alkyl halides is 3. The lowest BCUT2D eigenvalue weighted by atomic mass is 10.1. The summed E-state index contributed by atoms with van der Waals surface area (Å²) in [6.07, 6.45) is -0.972. The number of halogens is 5. The Bertz CT molecular complexity index is 1020. The molecule has 0 aliphatic heterocycles. The fourth-order valence-corrected chi connectivity index (χ4v) is 2.74. The molecule has 3 aromatic heterocycles. The molecule has 0 spiro atoms. The monoisotopic (exact) mass is 497 g/mol. The lowest BCUT2D eigenvalue weighted by molar-refractivity contribution is -0.141. The highest BCUT2D eigenvalue weighted by Crippen LogP contribution is 2.28. The molecule has 3 aromatic rings. The predicted molar refractivity (Wildman–Crippen MR) is 130 cm³/mol. The lowest BCUT2D eigenvalue weighted by Crippen LogP contribution is -2.09. The zero-order chi connectivity index (χ0) is 26.1. The zero-order valence-corrected chi connectivity index (χ0v) is 21.3. The first-order chi connectivity index (χ1) is 15.7. The van der Waals surface area contributed by atoms with Crippen LogP contribution in [0, 0.1) is 12.7 Å². The van der Waals surface area contributed by atoms with Crippen molar-refractivity contribution >= 4 is 11.6 Å². The van der Waals surface area contributed by atoms with Gasteiger partial charge in [-0.25, -0.2) is 9.37 Å². The molecule has 3 rings (SSSR count). The van der Waals surface area contributed by atoms with Crippen molar-refractivity contribution in [2.45, 2.75) is 72.4 Å². The Hall–Kier alpha value is -2.54. The molecule has 0 amide bonds. The molecule has 0 aliphatic rings. The van der Waals surface area contributed by atoms with Gasteiger partial charge in [0, 0.05) is 23.8 Å². The quantitative estimate of drug-likeness (QED) is 0.339. The van der Waals surface area contributed by atoms with Crippen molar-refractivity contribution in [2.24, 2.45) is 0 Å². The third-order valence-electron chi connectivity index (χ3n) is 4.55. The van der Waals surface area contributed by atoms with Crippen molar-refractivity contribution in [3.63, 3.8) is 0 Å². The molecular formula is C26H32ClF4N3. The highest BCUT2D eigenvalue weighted by atomic mass is 35.5. The summed E-state index contributed by atoms with van der Waals surface area (Å²) < 4.78 is 49.5. The topological polar surface area (TPSA) is 38.7 Å². The van der Waals surface area contributed by atoms with E-state index in [1.807, 2.05) is 46.8 Å². The van der Waals surface area contributed by atoms with E-state index in [-0.39, 0.29) is 17.7 Å². The third kappa shape index (κ3) is 10.2. The van der Waals surface area contributed by atoms with Crippen LogP contribution in [0.3, 0.4) is 0 Å². The molecular weight excluding hydrogens is 466 g/mol. The number of aryl methyl sites for hydroxylation is 1. The van der Waals surface area contributed by atoms with Crippen molar-refractivity contribution in [1.29, 1.82) is 0 Å². The molecule has 0 saturated heterocycles. The standard InChI is InChI=1S/C9H10F3N.C9H12FN.C8H10ClN/c1-6(2)7-4-3-5-8(13-7)9(10,11)12;1-6(2)9-8(10)4-7(3)5-11-9;1-6(2)8-4-3-7(9)5-10-8/h3-6H,1-2H3;4-6H,1-3H3;3-6H,1-2H3. The molecule has 0 bridgehead atoms. The molecule has 3 heterocycles. The van der Waals surface area contributed by atoms with Gasteiger partial charge in [-0.15, -0.1) is 0 Å². The van der Waals surface area contributed by atoms with Gasteiger partial charge in [0.15, 0.2) is 0 Å². The minimum absolute atomic E-state index is 0.0160. The van der Waals surface area contributed by atoms with Gasteiger partial charge in [-0.1, -0.05) is 59.2 Å². The Morgan fingerprint density at radius 3 is 1.85 bits per heavy atom. The van der Waals surface area contributed by atoms with E-state index in [0.717, 1.165) is 17.3 Å². The highest BCUT2D eigenvalue weighted by molar-refractivity contribution is 6.30. The van der Waals surface area contributed by atoms with Gasteiger partial charge >= 0.3 is 6.18 Å². The average Bonchev–Trinajstić information content (AvgIpc) is 2.74. The number of nitrogens with zero attached hydrogens (tertiary/aromatic N) is 3. The maximum absolute atomic E-state index is 13.0. The molecule has 0 radical (unpaired) electrons. The summed E-state index contributed by atoms with van der Waals surface area (Å²) in [6.45, 7) is 13.5. The smallest absolute Gasteiger partial charge is 0.259 e. The Balaban J connectivity index is 0.000000257. The van der Waals surface area contributed by atoms with Crippen molar-refractivity contribution in [3.05, 3.63) is 88.0 Å². The minimum atomic E-state index is -4.34. The van der Waals surface area contributed by atoms with E-state index in [9.17, 15) is 17.6 Å². The zero-order valence-electron chi connectivity index (χ0n) is 20.6. The first-order valence-corrected chi connectivity index (χ1v) is 11.4. The normalized spacial score (nSPS) is 11.1. The van der Waals surface area contributed by atoms with E-state index in [1.54, 1.807) is 18.5 Å². The maximum atomic E-state index is 13.0. The van der Waals surface area contributed by atoms with Crippen molar-refractivity contribution in [1.82, 2.24) is 15.0 Å². The molecule has 0 atom stereocenters. The van der Waals surface area contributed by atoms with Gasteiger partial charge in [0.25, 0.3) is 0 Å². The van der Waals surface area contributed by atoms with Crippen LogP contribution in [-0.2, 0) is 6.18 Å². The van der Waals surface area contributed by atoms with Crippen molar-refractivity contribution in [2.75, 3.05) is 0 Å². The fourth-order valence-electron chi connectivity index (χ4n) is 2.63. The first-order valence-electron chi connectivity index (χ1n) is 11.0. The molecule has 3 nitrogen and oxygen atoms in total. The van der Waals surface area contributed by atoms with Gasteiger partial charge in [0.05, 0.1) is 10.7 Å². The summed E-state index contributed by atoms with van der Waals surface area (Å²) in [5.41, 5.74) is 2.15. The number of aromatic nitrogens is 3. The summed E-state index contributed by atoms with van der Waals surface area (Å²) in [5.74, 6) is 0.468. The molecule has 0 saturated carbocycles. The van der Waals surface area contributed by atoms with Crippen LogP contribution in [0.4, 0.5) is 17.6 Å². The van der Waals surface area contributed by atoms with E-state index in [1.165, 1.54) is 12.1 Å². The summed E-state index contributed by atoms with van der Waals surface area (Å²) >= 11 is 5.65. The van der Waals surface area contributed by atoms with Crippen molar-refractivity contribution in [3.8, 4) is 0 Å². The number of rotatable bonds is 3. The summed E-state index contributed by atoms with van der Waals surface area (Å²) in [7, 11) is 0. The minimum Gasteiger partial charge on any atom is -0.259 e. The van der Waals surface area contributed by atoms with E-state index in [0.29, 0.717) is 22.3 Å². The van der Waals surface area contributed by atoms with Crippen LogP contribution < -0.4 is 0 Å². The molecule has 0 N–H and O–H groups in total. The number of pyridine rings is 3. The molecule has 0 aliphatic carbocycles. The van der Waals surface area contributed by atoms with Crippen LogP contribution in [-0.4, -0.2) is 15.0 Å². The second-order valence-electron chi connectivity index (χ2n) is 8.69. The summed E-state index contributed by atoms with van der Waals surface area (Å²) in [4.78, 5) is 11.7. The van der Waals surface area contributed by atoms with Crippen LogP contribution in [0.5, 0.6) is 0 Å². The third-order valence-corrected chi connectivity index (χ3v) is 4.77. The number of hydrogen-bond acceptors (Lipinski definition) is 3. The molecule has 0 aromatic carbocycles. The van der Waals surface area contributed by atoms with Gasteiger partial charge in [0.1, 0.15) is 11.5 Å². The van der Waals surface area contributed by atoms with E-state index < -0.39 is 11.9 Å². The summed E-state index contributed by atoms with van der Waals surface area (Å²) in [5, 5.41) is 0.699. The van der Waals surface area contributed by atoms with E-state index in [2.05, 4.69) is 28.8 Å². The van der Waals surface area contributed by atoms with Gasteiger partial charge in [-0.3, -0.25) is 9.97 Å². The molecule has 34 heavy (non-hydrogen) atoms. The Morgan fingerprint density at radius 1 is 0.794 bits per heavy atom. The second kappa shape index (κ2) is 13.4. The lowest BCUT2D eigenvalue weighted by Gasteiger charge is -2.09. The van der Waals surface area contributed by atoms with E-state index >= 15 is 0 Å². The van der Waals surface area contributed by atoms with E-state index in [4.69, 9.17) is 11.6 Å². The Labute approximate surface area is 204 Å². The van der Waals surface area contributed by atoms with Crippen molar-refractivity contribution < 1.29 is 17.6 Å². The Morgan fingerprint density at radius 2 is 1.41 bits per heavy atom. The van der Waals surface area contributed by atoms with Gasteiger partial charge < -0.3 is 0 Å². The average molecular weight is 498 g/mol. The Kier molecular flexibility index (Phi) is 11.6. The highest BCUT2D eigenvalue weighted by Gasteiger charge is 2.32. The predicted octanol–water partition coefficient (Wildman–Crippen LogP) is 8.73. The van der Waals surface area contributed by atoms with Crippen LogP contribution in [0.25, 0.3) is 0 Å². The van der Waals surface area contributed by atoms with Crippen LogP contribution in [0.2, 0.25) is 5.02 Å². The molecule has 8 heteroatoms. The van der Waals surface area contributed by atoms with Crippen LogP contribution in [0.15, 0.2) is 48.8 Å². The first kappa shape index (κ1) is 29.5. The van der Waals surface area contributed by atoms with Crippen LogP contribution >= 0.6 is 11.6 Å². The molecule has 0 unspecified atom stereocenters. The van der Waals surface area contributed by atoms with Gasteiger partial charge in [-0.2, -0.15) is 13.2 Å². The largest absolute Gasteiger partial charge is 0.433 e. The molecule has 0 fully saturated rings. The molecule has 186 valence electrons.